The lowest BCUT2D eigenvalue weighted by Gasteiger charge is -2.07. The minimum atomic E-state index is -0.362. The Hall–Kier alpha value is -2.14. The topological polar surface area (TPSA) is 81.2 Å². The van der Waals surface area contributed by atoms with Gasteiger partial charge in [-0.25, -0.2) is 4.98 Å². The summed E-state index contributed by atoms with van der Waals surface area (Å²) >= 11 is 0. The summed E-state index contributed by atoms with van der Waals surface area (Å²) in [6, 6.07) is 9.51. The van der Waals surface area contributed by atoms with E-state index in [1.807, 2.05) is 44.2 Å². The van der Waals surface area contributed by atoms with Crippen LogP contribution in [-0.4, -0.2) is 17.4 Å². The Bertz CT molecular complexity index is 578. The number of carbonyl (C=O) groups excluding carboxylic acids is 1. The average molecular weight is 287 g/mol. The lowest BCUT2D eigenvalue weighted by molar-refractivity contribution is 0.0944. The van der Waals surface area contributed by atoms with Gasteiger partial charge in [-0.05, 0) is 17.9 Å². The van der Waals surface area contributed by atoms with Gasteiger partial charge in [-0.1, -0.05) is 44.2 Å². The maximum atomic E-state index is 11.9. The van der Waals surface area contributed by atoms with Crippen LogP contribution in [0.2, 0.25) is 0 Å². The summed E-state index contributed by atoms with van der Waals surface area (Å²) in [6.45, 7) is 4.67. The van der Waals surface area contributed by atoms with Gasteiger partial charge in [-0.2, -0.15) is 0 Å². The lowest BCUT2D eigenvalue weighted by atomic mass is 10.1. The molecule has 5 nitrogen and oxygen atoms in total. The Balaban J connectivity index is 1.97. The van der Waals surface area contributed by atoms with Crippen LogP contribution in [0.3, 0.4) is 0 Å². The van der Waals surface area contributed by atoms with Gasteiger partial charge < -0.3 is 15.5 Å². The molecule has 112 valence electrons. The zero-order valence-electron chi connectivity index (χ0n) is 12.4. The molecule has 3 N–H and O–H groups in total. The van der Waals surface area contributed by atoms with Crippen molar-refractivity contribution in [1.82, 2.24) is 10.3 Å². The molecule has 0 aliphatic heterocycles. The molecule has 21 heavy (non-hydrogen) atoms. The predicted octanol–water partition coefficient (Wildman–Crippen LogP) is 2.30. The van der Waals surface area contributed by atoms with E-state index in [1.54, 1.807) is 0 Å². The van der Waals surface area contributed by atoms with Crippen LogP contribution in [0.5, 0.6) is 0 Å². The first kappa shape index (κ1) is 15.3. The summed E-state index contributed by atoms with van der Waals surface area (Å²) in [5.41, 5.74) is 7.45. The zero-order chi connectivity index (χ0) is 15.2. The Kier molecular flexibility index (Phi) is 5.11. The normalized spacial score (nSPS) is 12.4. The smallest absolute Gasteiger partial charge is 0.273 e. The van der Waals surface area contributed by atoms with Crippen LogP contribution in [0.4, 0.5) is 0 Å². The van der Waals surface area contributed by atoms with Gasteiger partial charge in [0.2, 0.25) is 5.89 Å². The molecule has 1 aromatic carbocycles. The molecule has 0 aliphatic carbocycles. The molecule has 2 aromatic rings. The molecule has 0 radical (unpaired) electrons. The van der Waals surface area contributed by atoms with E-state index in [4.69, 9.17) is 10.2 Å². The molecule has 1 heterocycles. The molecule has 5 heteroatoms. The number of aromatic nitrogens is 1. The molecule has 1 amide bonds. The molecular formula is C16H21N3O2. The largest absolute Gasteiger partial charge is 0.446 e. The van der Waals surface area contributed by atoms with Gasteiger partial charge in [0, 0.05) is 6.54 Å². The fourth-order valence-corrected chi connectivity index (χ4v) is 1.90. The van der Waals surface area contributed by atoms with Gasteiger partial charge >= 0.3 is 0 Å². The van der Waals surface area contributed by atoms with E-state index >= 15 is 0 Å². The van der Waals surface area contributed by atoms with E-state index in [2.05, 4.69) is 10.3 Å². The van der Waals surface area contributed by atoms with Crippen LogP contribution >= 0.6 is 0 Å². The third-order valence-electron chi connectivity index (χ3n) is 3.04. The highest BCUT2D eigenvalue weighted by molar-refractivity contribution is 5.91. The summed E-state index contributed by atoms with van der Waals surface area (Å²) in [5.74, 6) is 0.542. The minimum Gasteiger partial charge on any atom is -0.446 e. The van der Waals surface area contributed by atoms with E-state index in [9.17, 15) is 4.79 Å². The third kappa shape index (κ3) is 4.43. The van der Waals surface area contributed by atoms with Crippen LogP contribution < -0.4 is 11.1 Å². The monoisotopic (exact) mass is 287 g/mol. The number of amides is 1. The number of hydrogen-bond acceptors (Lipinski definition) is 4. The molecule has 0 fully saturated rings. The van der Waals surface area contributed by atoms with E-state index in [0.717, 1.165) is 5.56 Å². The summed E-state index contributed by atoms with van der Waals surface area (Å²) in [7, 11) is 0. The minimum absolute atomic E-state index is 0.231. The van der Waals surface area contributed by atoms with Crippen molar-refractivity contribution in [2.75, 3.05) is 6.54 Å². The Labute approximate surface area is 124 Å². The molecule has 1 aromatic heterocycles. The second-order valence-corrected chi connectivity index (χ2v) is 5.47. The molecule has 0 bridgehead atoms. The number of nitrogens with one attached hydrogen (secondary N) is 1. The number of nitrogens with two attached hydrogens (primary N) is 1. The number of nitrogens with zero attached hydrogens (tertiary/aromatic N) is 1. The highest BCUT2D eigenvalue weighted by Gasteiger charge is 2.17. The first-order valence-electron chi connectivity index (χ1n) is 7.09. The molecule has 0 spiro atoms. The molecule has 0 saturated carbocycles. The summed E-state index contributed by atoms with van der Waals surface area (Å²) in [6.07, 6.45) is 1.98. The second kappa shape index (κ2) is 7.04. The first-order chi connectivity index (χ1) is 10.1. The van der Waals surface area contributed by atoms with Crippen LogP contribution in [0.15, 0.2) is 41.0 Å². The van der Waals surface area contributed by atoms with Crippen molar-refractivity contribution in [2.24, 2.45) is 11.7 Å². The number of oxazole rings is 1. The Morgan fingerprint density at radius 2 is 2.05 bits per heavy atom. The number of rotatable bonds is 6. The number of carbonyl (C=O) groups is 1. The van der Waals surface area contributed by atoms with Crippen molar-refractivity contribution in [3.05, 3.63) is 53.7 Å². The van der Waals surface area contributed by atoms with E-state index in [1.165, 1.54) is 6.26 Å². The summed E-state index contributed by atoms with van der Waals surface area (Å²) in [4.78, 5) is 16.0. The van der Waals surface area contributed by atoms with Gasteiger partial charge in [0.1, 0.15) is 6.26 Å². The summed E-state index contributed by atoms with van der Waals surface area (Å²) < 4.78 is 5.33. The standard InChI is InChI=1S/C16H21N3O2/c1-11(2)9-18-15(20)14-10-21-16(19-14)13(17)8-12-6-4-3-5-7-12/h3-7,10-11,13H,8-9,17H2,1-2H3,(H,18,20). The first-order valence-corrected chi connectivity index (χ1v) is 7.09. The Morgan fingerprint density at radius 1 is 1.33 bits per heavy atom. The average Bonchev–Trinajstić information content (AvgIpc) is 2.95. The lowest BCUT2D eigenvalue weighted by Crippen LogP contribution is -2.27. The highest BCUT2D eigenvalue weighted by atomic mass is 16.3. The quantitative estimate of drug-likeness (QED) is 0.854. The predicted molar refractivity (Wildman–Crippen MR) is 80.7 cm³/mol. The number of benzene rings is 1. The van der Waals surface area contributed by atoms with Crippen LogP contribution in [0, 0.1) is 5.92 Å². The maximum absolute atomic E-state index is 11.9. The van der Waals surface area contributed by atoms with Crippen molar-refractivity contribution >= 4 is 5.91 Å². The highest BCUT2D eigenvalue weighted by Crippen LogP contribution is 2.15. The van der Waals surface area contributed by atoms with Crippen molar-refractivity contribution < 1.29 is 9.21 Å². The van der Waals surface area contributed by atoms with Crippen LogP contribution in [0.25, 0.3) is 0 Å². The van der Waals surface area contributed by atoms with Crippen LogP contribution in [0.1, 0.15) is 41.8 Å². The van der Waals surface area contributed by atoms with Crippen molar-refractivity contribution in [1.29, 1.82) is 0 Å². The molecule has 1 atom stereocenters. The van der Waals surface area contributed by atoms with Gasteiger partial charge in [0.15, 0.2) is 5.69 Å². The second-order valence-electron chi connectivity index (χ2n) is 5.47. The molecule has 1 unspecified atom stereocenters. The third-order valence-corrected chi connectivity index (χ3v) is 3.04. The zero-order valence-corrected chi connectivity index (χ0v) is 12.4. The molecule has 2 rings (SSSR count). The maximum Gasteiger partial charge on any atom is 0.273 e. The van der Waals surface area contributed by atoms with Gasteiger partial charge in [-0.3, -0.25) is 4.79 Å². The van der Waals surface area contributed by atoms with Crippen molar-refractivity contribution in [3.8, 4) is 0 Å². The van der Waals surface area contributed by atoms with Gasteiger partial charge in [0.25, 0.3) is 5.91 Å². The van der Waals surface area contributed by atoms with Gasteiger partial charge in [0.05, 0.1) is 6.04 Å². The molecular weight excluding hydrogens is 266 g/mol. The van der Waals surface area contributed by atoms with Crippen molar-refractivity contribution in [2.45, 2.75) is 26.3 Å². The number of hydrogen-bond donors (Lipinski definition) is 2. The van der Waals surface area contributed by atoms with Crippen molar-refractivity contribution in [3.63, 3.8) is 0 Å². The molecule has 0 aliphatic rings. The SMILES string of the molecule is CC(C)CNC(=O)c1coc(C(N)Cc2ccccc2)n1. The van der Waals surface area contributed by atoms with Gasteiger partial charge in [-0.15, -0.1) is 0 Å². The summed E-state index contributed by atoms with van der Waals surface area (Å²) in [5, 5.41) is 2.80. The van der Waals surface area contributed by atoms with Crippen LogP contribution in [-0.2, 0) is 6.42 Å². The van der Waals surface area contributed by atoms with E-state index in [-0.39, 0.29) is 17.6 Å². The van der Waals surface area contributed by atoms with E-state index in [0.29, 0.717) is 24.8 Å². The fraction of sp³-hybridized carbons (Fsp3) is 0.375. The molecule has 0 saturated heterocycles. The Morgan fingerprint density at radius 3 is 2.71 bits per heavy atom. The fourth-order valence-electron chi connectivity index (χ4n) is 1.90. The van der Waals surface area contributed by atoms with E-state index < -0.39 is 0 Å².